The van der Waals surface area contributed by atoms with Crippen molar-refractivity contribution in [2.75, 3.05) is 13.7 Å². The normalized spacial score (nSPS) is 13.5. The number of pyridine rings is 1. The maximum Gasteiger partial charge on any atom is 0.137 e. The topological polar surface area (TPSA) is 34.1 Å². The molecule has 0 bridgehead atoms. The lowest BCUT2D eigenvalue weighted by Crippen LogP contribution is -2.36. The highest BCUT2D eigenvalue weighted by molar-refractivity contribution is 5.25. The highest BCUT2D eigenvalue weighted by Gasteiger charge is 2.11. The van der Waals surface area contributed by atoms with Crippen LogP contribution in [-0.4, -0.2) is 24.2 Å². The molecule has 1 atom stereocenters. The third-order valence-corrected chi connectivity index (χ3v) is 2.77. The first-order valence-electron chi connectivity index (χ1n) is 6.16. The highest BCUT2D eigenvalue weighted by Crippen LogP contribution is 2.21. The minimum Gasteiger partial charge on any atom is -0.495 e. The van der Waals surface area contributed by atoms with Gasteiger partial charge in [-0.05, 0) is 51.3 Å². The molecule has 1 heterocycles. The molecular weight excluding hydrogens is 212 g/mol. The summed E-state index contributed by atoms with van der Waals surface area (Å²) in [7, 11) is 1.67. The van der Waals surface area contributed by atoms with E-state index >= 15 is 0 Å². The highest BCUT2D eigenvalue weighted by atomic mass is 16.5. The van der Waals surface area contributed by atoms with Crippen molar-refractivity contribution in [3.05, 3.63) is 24.0 Å². The number of nitrogens with zero attached hydrogens (tertiary/aromatic N) is 1. The van der Waals surface area contributed by atoms with Gasteiger partial charge < -0.3 is 10.1 Å². The van der Waals surface area contributed by atoms with Crippen LogP contribution in [0.5, 0.6) is 5.75 Å². The van der Waals surface area contributed by atoms with Crippen LogP contribution in [0.2, 0.25) is 0 Å². The fraction of sp³-hybridized carbons (Fsp3) is 0.643. The zero-order valence-corrected chi connectivity index (χ0v) is 11.6. The third-order valence-electron chi connectivity index (χ3n) is 2.77. The quantitative estimate of drug-likeness (QED) is 0.853. The van der Waals surface area contributed by atoms with Gasteiger partial charge in [0.05, 0.1) is 13.3 Å². The van der Waals surface area contributed by atoms with Gasteiger partial charge in [-0.3, -0.25) is 4.98 Å². The molecule has 1 unspecified atom stereocenters. The zero-order chi connectivity index (χ0) is 12.9. The molecule has 0 saturated carbocycles. The van der Waals surface area contributed by atoms with Crippen LogP contribution in [0.15, 0.2) is 18.5 Å². The molecule has 1 aromatic heterocycles. The molecule has 0 aliphatic rings. The Hall–Kier alpha value is -1.09. The van der Waals surface area contributed by atoms with E-state index in [2.05, 4.69) is 44.1 Å². The summed E-state index contributed by atoms with van der Waals surface area (Å²) in [5.41, 5.74) is 1.42. The molecular formula is C14H24N2O. The number of ether oxygens (including phenoxy) is 1. The van der Waals surface area contributed by atoms with Gasteiger partial charge in [0.1, 0.15) is 5.75 Å². The second kappa shape index (κ2) is 6.01. The summed E-state index contributed by atoms with van der Waals surface area (Å²) in [6.07, 6.45) is 4.76. The van der Waals surface area contributed by atoms with Crippen LogP contribution in [0.1, 0.15) is 45.6 Å². The summed E-state index contributed by atoms with van der Waals surface area (Å²) in [5.74, 6) is 1.32. The standard InChI is InChI=1S/C14H24N2O/c1-11(6-7-16-14(2,3)4)12-8-13(17-5)10-15-9-12/h8-11,16H,6-7H2,1-5H3. The van der Waals surface area contributed by atoms with Crippen molar-refractivity contribution in [2.45, 2.75) is 45.6 Å². The zero-order valence-electron chi connectivity index (χ0n) is 11.6. The van der Waals surface area contributed by atoms with Crippen LogP contribution >= 0.6 is 0 Å². The Labute approximate surface area is 105 Å². The lowest BCUT2D eigenvalue weighted by Gasteiger charge is -2.22. The molecule has 1 aromatic rings. The van der Waals surface area contributed by atoms with Gasteiger partial charge in [-0.1, -0.05) is 6.92 Å². The first-order valence-corrected chi connectivity index (χ1v) is 6.16. The lowest BCUT2D eigenvalue weighted by atomic mass is 9.98. The Balaban J connectivity index is 2.49. The first-order chi connectivity index (χ1) is 7.92. The van der Waals surface area contributed by atoms with Gasteiger partial charge in [0.2, 0.25) is 0 Å². The molecule has 0 aliphatic heterocycles. The van der Waals surface area contributed by atoms with Gasteiger partial charge >= 0.3 is 0 Å². The number of aromatic nitrogens is 1. The maximum absolute atomic E-state index is 5.19. The first kappa shape index (κ1) is 14.0. The van der Waals surface area contributed by atoms with E-state index in [9.17, 15) is 0 Å². The predicted molar refractivity (Wildman–Crippen MR) is 71.6 cm³/mol. The van der Waals surface area contributed by atoms with Gasteiger partial charge in [-0.15, -0.1) is 0 Å². The van der Waals surface area contributed by atoms with Crippen LogP contribution in [0.4, 0.5) is 0 Å². The molecule has 0 aromatic carbocycles. The van der Waals surface area contributed by atoms with Crippen molar-refractivity contribution >= 4 is 0 Å². The molecule has 3 heteroatoms. The van der Waals surface area contributed by atoms with Gasteiger partial charge in [0, 0.05) is 11.7 Å². The number of hydrogen-bond donors (Lipinski definition) is 1. The Morgan fingerprint density at radius 1 is 1.35 bits per heavy atom. The summed E-state index contributed by atoms with van der Waals surface area (Å²) in [6, 6.07) is 2.06. The van der Waals surface area contributed by atoms with Crippen LogP contribution in [-0.2, 0) is 0 Å². The Morgan fingerprint density at radius 2 is 2.06 bits per heavy atom. The largest absolute Gasteiger partial charge is 0.495 e. The van der Waals surface area contributed by atoms with E-state index in [0.717, 1.165) is 18.7 Å². The van der Waals surface area contributed by atoms with Crippen molar-refractivity contribution in [2.24, 2.45) is 0 Å². The third kappa shape index (κ3) is 5.18. The fourth-order valence-electron chi connectivity index (χ4n) is 1.65. The SMILES string of the molecule is COc1cncc(C(C)CCNC(C)(C)C)c1. The van der Waals surface area contributed by atoms with E-state index in [4.69, 9.17) is 4.74 Å². The fourth-order valence-corrected chi connectivity index (χ4v) is 1.65. The van der Waals surface area contributed by atoms with Crippen LogP contribution in [0.25, 0.3) is 0 Å². The molecule has 3 nitrogen and oxygen atoms in total. The monoisotopic (exact) mass is 236 g/mol. The average Bonchev–Trinajstić information content (AvgIpc) is 2.27. The molecule has 0 aliphatic carbocycles. The number of rotatable bonds is 5. The average molecular weight is 236 g/mol. The molecule has 1 N–H and O–H groups in total. The van der Waals surface area contributed by atoms with Crippen LogP contribution in [0, 0.1) is 0 Å². The van der Waals surface area contributed by atoms with E-state index < -0.39 is 0 Å². The van der Waals surface area contributed by atoms with E-state index in [1.165, 1.54) is 5.56 Å². The van der Waals surface area contributed by atoms with Crippen molar-refractivity contribution < 1.29 is 4.74 Å². The molecule has 0 fully saturated rings. The number of methoxy groups -OCH3 is 1. The van der Waals surface area contributed by atoms with Crippen molar-refractivity contribution in [1.29, 1.82) is 0 Å². The van der Waals surface area contributed by atoms with E-state index in [-0.39, 0.29) is 5.54 Å². The predicted octanol–water partition coefficient (Wildman–Crippen LogP) is 2.97. The molecule has 17 heavy (non-hydrogen) atoms. The van der Waals surface area contributed by atoms with Crippen molar-refractivity contribution in [3.8, 4) is 5.75 Å². The second-order valence-corrected chi connectivity index (χ2v) is 5.52. The maximum atomic E-state index is 5.19. The minimum absolute atomic E-state index is 0.187. The molecule has 0 spiro atoms. The number of hydrogen-bond acceptors (Lipinski definition) is 3. The molecule has 0 radical (unpaired) electrons. The van der Waals surface area contributed by atoms with Gasteiger partial charge in [0.25, 0.3) is 0 Å². The molecule has 96 valence electrons. The van der Waals surface area contributed by atoms with Crippen molar-refractivity contribution in [3.63, 3.8) is 0 Å². The van der Waals surface area contributed by atoms with Crippen molar-refractivity contribution in [1.82, 2.24) is 10.3 Å². The lowest BCUT2D eigenvalue weighted by molar-refractivity contribution is 0.407. The minimum atomic E-state index is 0.187. The summed E-state index contributed by atoms with van der Waals surface area (Å²) >= 11 is 0. The van der Waals surface area contributed by atoms with Crippen LogP contribution < -0.4 is 10.1 Å². The summed E-state index contributed by atoms with van der Waals surface area (Å²) < 4.78 is 5.19. The van der Waals surface area contributed by atoms with Crippen LogP contribution in [0.3, 0.4) is 0 Å². The summed E-state index contributed by atoms with van der Waals surface area (Å²) in [4.78, 5) is 4.19. The summed E-state index contributed by atoms with van der Waals surface area (Å²) in [6.45, 7) is 9.79. The Morgan fingerprint density at radius 3 is 2.65 bits per heavy atom. The van der Waals surface area contributed by atoms with E-state index in [1.807, 2.05) is 6.20 Å². The molecule has 0 amide bonds. The Bertz CT molecular complexity index is 344. The molecule has 1 rings (SSSR count). The number of nitrogens with one attached hydrogen (secondary N) is 1. The van der Waals surface area contributed by atoms with Gasteiger partial charge in [-0.25, -0.2) is 0 Å². The smallest absolute Gasteiger partial charge is 0.137 e. The van der Waals surface area contributed by atoms with E-state index in [0.29, 0.717) is 5.92 Å². The van der Waals surface area contributed by atoms with Gasteiger partial charge in [-0.2, -0.15) is 0 Å². The van der Waals surface area contributed by atoms with E-state index in [1.54, 1.807) is 13.3 Å². The second-order valence-electron chi connectivity index (χ2n) is 5.52. The Kier molecular flexibility index (Phi) is 4.94. The summed E-state index contributed by atoms with van der Waals surface area (Å²) in [5, 5.41) is 3.50. The van der Waals surface area contributed by atoms with Gasteiger partial charge in [0.15, 0.2) is 0 Å². The molecule has 0 saturated heterocycles.